The molecule has 1 atom stereocenters. The summed E-state index contributed by atoms with van der Waals surface area (Å²) in [5, 5.41) is 9.04. The van der Waals surface area contributed by atoms with Gasteiger partial charge < -0.3 is 5.32 Å². The number of carbonyl (C=O) groups excluding carboxylic acids is 1. The highest BCUT2D eigenvalue weighted by Gasteiger charge is 2.34. The van der Waals surface area contributed by atoms with Gasteiger partial charge in [-0.2, -0.15) is 24.5 Å². The van der Waals surface area contributed by atoms with Crippen molar-refractivity contribution in [2.24, 2.45) is 0 Å². The zero-order chi connectivity index (χ0) is 21.0. The molecular weight excluding hydrogens is 437 g/mol. The Kier molecular flexibility index (Phi) is 7.02. The molecule has 0 saturated carbocycles. The molecule has 9 heteroatoms. The van der Waals surface area contributed by atoms with E-state index in [0.717, 1.165) is 23.1 Å². The number of hydrogen-bond acceptors (Lipinski definition) is 5. The molecule has 1 unspecified atom stereocenters. The Bertz CT molecular complexity index is 968. The summed E-state index contributed by atoms with van der Waals surface area (Å²) >= 11 is 4.34. The third-order valence-corrected chi connectivity index (χ3v) is 7.03. The highest BCUT2D eigenvalue weighted by molar-refractivity contribution is 7.99. The lowest BCUT2D eigenvalue weighted by molar-refractivity contribution is -0.137. The van der Waals surface area contributed by atoms with Crippen molar-refractivity contribution in [3.63, 3.8) is 0 Å². The molecule has 0 aliphatic rings. The van der Waals surface area contributed by atoms with Crippen LogP contribution in [0.25, 0.3) is 10.6 Å². The number of thiazole rings is 1. The van der Waals surface area contributed by atoms with E-state index in [1.54, 1.807) is 22.8 Å². The molecule has 0 aliphatic carbocycles. The lowest BCUT2D eigenvalue weighted by Crippen LogP contribution is -2.18. The second-order valence-corrected chi connectivity index (χ2v) is 9.57. The maximum atomic E-state index is 13.5. The first-order valence-corrected chi connectivity index (χ1v) is 11.6. The second kappa shape index (κ2) is 9.32. The summed E-state index contributed by atoms with van der Waals surface area (Å²) in [5.74, 6) is -0.528. The van der Waals surface area contributed by atoms with E-state index in [-0.39, 0.29) is 17.4 Å². The SMILES string of the molecule is CCC(C)Sc1ccc(NC(=O)Cc2csc(-c3ccsc3)n2)c(C(F)(F)F)c1. The van der Waals surface area contributed by atoms with Crippen LogP contribution in [-0.2, 0) is 17.4 Å². The third kappa shape index (κ3) is 5.83. The van der Waals surface area contributed by atoms with Crippen LogP contribution in [0.4, 0.5) is 18.9 Å². The van der Waals surface area contributed by atoms with Crippen LogP contribution in [0.5, 0.6) is 0 Å². The molecule has 0 aliphatic heterocycles. The van der Waals surface area contributed by atoms with Gasteiger partial charge in [-0.3, -0.25) is 4.79 Å². The molecule has 0 bridgehead atoms. The maximum absolute atomic E-state index is 13.5. The van der Waals surface area contributed by atoms with Gasteiger partial charge in [0, 0.05) is 26.5 Å². The van der Waals surface area contributed by atoms with Crippen LogP contribution < -0.4 is 5.32 Å². The van der Waals surface area contributed by atoms with E-state index < -0.39 is 17.6 Å². The molecule has 1 N–H and O–H groups in total. The molecule has 0 fully saturated rings. The zero-order valence-electron chi connectivity index (χ0n) is 15.7. The fourth-order valence-electron chi connectivity index (χ4n) is 2.52. The predicted molar refractivity (Wildman–Crippen MR) is 115 cm³/mol. The highest BCUT2D eigenvalue weighted by Crippen LogP contribution is 2.38. The molecule has 3 rings (SSSR count). The number of thioether (sulfide) groups is 1. The van der Waals surface area contributed by atoms with Crippen molar-refractivity contribution < 1.29 is 18.0 Å². The summed E-state index contributed by atoms with van der Waals surface area (Å²) in [5.41, 5.74) is 0.437. The standard InChI is InChI=1S/C20H19F3N2OS3/c1-3-12(2)29-15-4-5-17(16(9-15)20(21,22)23)25-18(26)8-14-11-28-19(24-14)13-6-7-27-10-13/h4-7,9-12H,3,8H2,1-2H3,(H,25,26). The number of amides is 1. The normalized spacial score (nSPS) is 12.7. The van der Waals surface area contributed by atoms with Gasteiger partial charge in [0.2, 0.25) is 5.91 Å². The van der Waals surface area contributed by atoms with E-state index in [2.05, 4.69) is 10.3 Å². The number of rotatable bonds is 7. The van der Waals surface area contributed by atoms with E-state index in [0.29, 0.717) is 10.6 Å². The van der Waals surface area contributed by atoms with Crippen LogP contribution in [0.1, 0.15) is 31.5 Å². The van der Waals surface area contributed by atoms with E-state index in [1.165, 1.54) is 29.2 Å². The quantitative estimate of drug-likeness (QED) is 0.391. The van der Waals surface area contributed by atoms with Crippen molar-refractivity contribution in [2.75, 3.05) is 5.32 Å². The number of thiophene rings is 1. The number of anilines is 1. The molecular formula is C20H19F3N2OS3. The van der Waals surface area contributed by atoms with Crippen molar-refractivity contribution >= 4 is 46.0 Å². The summed E-state index contributed by atoms with van der Waals surface area (Å²) in [6.45, 7) is 3.95. The largest absolute Gasteiger partial charge is 0.418 e. The van der Waals surface area contributed by atoms with Crippen LogP contribution in [-0.4, -0.2) is 16.1 Å². The van der Waals surface area contributed by atoms with Crippen molar-refractivity contribution in [1.82, 2.24) is 4.98 Å². The fraction of sp³-hybridized carbons (Fsp3) is 0.300. The Morgan fingerprint density at radius 2 is 2.07 bits per heavy atom. The minimum Gasteiger partial charge on any atom is -0.325 e. The number of benzene rings is 1. The smallest absolute Gasteiger partial charge is 0.325 e. The average molecular weight is 457 g/mol. The van der Waals surface area contributed by atoms with Gasteiger partial charge in [0.1, 0.15) is 5.01 Å². The van der Waals surface area contributed by atoms with Gasteiger partial charge in [0.25, 0.3) is 0 Å². The third-order valence-electron chi connectivity index (χ3n) is 4.14. The van der Waals surface area contributed by atoms with Gasteiger partial charge >= 0.3 is 6.18 Å². The van der Waals surface area contributed by atoms with E-state index in [1.807, 2.05) is 30.7 Å². The molecule has 0 radical (unpaired) electrons. The Hall–Kier alpha value is -1.84. The van der Waals surface area contributed by atoms with E-state index in [9.17, 15) is 18.0 Å². The molecule has 29 heavy (non-hydrogen) atoms. The minimum atomic E-state index is -4.55. The maximum Gasteiger partial charge on any atom is 0.418 e. The Morgan fingerprint density at radius 3 is 2.72 bits per heavy atom. The van der Waals surface area contributed by atoms with Crippen LogP contribution in [0, 0.1) is 0 Å². The minimum absolute atomic E-state index is 0.0820. The molecule has 0 saturated heterocycles. The summed E-state index contributed by atoms with van der Waals surface area (Å²) in [6.07, 6.45) is -3.78. The predicted octanol–water partition coefficient (Wildman–Crippen LogP) is 6.96. The average Bonchev–Trinajstić information content (AvgIpc) is 3.33. The Labute approximate surface area is 179 Å². The van der Waals surface area contributed by atoms with Crippen LogP contribution in [0.2, 0.25) is 0 Å². The van der Waals surface area contributed by atoms with Gasteiger partial charge in [-0.15, -0.1) is 23.1 Å². The second-order valence-electron chi connectivity index (χ2n) is 6.42. The Balaban J connectivity index is 1.73. The zero-order valence-corrected chi connectivity index (χ0v) is 18.2. The number of carbonyl (C=O) groups is 1. The van der Waals surface area contributed by atoms with Gasteiger partial charge in [0.05, 0.1) is 23.4 Å². The van der Waals surface area contributed by atoms with Crippen molar-refractivity contribution in [3.8, 4) is 10.6 Å². The number of halogens is 3. The number of aromatic nitrogens is 1. The monoisotopic (exact) mass is 456 g/mol. The lowest BCUT2D eigenvalue weighted by atomic mass is 10.1. The molecule has 0 spiro atoms. The molecule has 3 aromatic rings. The first-order chi connectivity index (χ1) is 13.8. The lowest BCUT2D eigenvalue weighted by Gasteiger charge is -2.16. The topological polar surface area (TPSA) is 42.0 Å². The van der Waals surface area contributed by atoms with Crippen LogP contribution in [0.15, 0.2) is 45.3 Å². The molecule has 154 valence electrons. The van der Waals surface area contributed by atoms with Gasteiger partial charge in [-0.05, 0) is 36.1 Å². The van der Waals surface area contributed by atoms with Crippen LogP contribution in [0.3, 0.4) is 0 Å². The fourth-order valence-corrected chi connectivity index (χ4v) is 5.02. The van der Waals surface area contributed by atoms with Crippen molar-refractivity contribution in [3.05, 3.63) is 51.7 Å². The summed E-state index contributed by atoms with van der Waals surface area (Å²) < 4.78 is 40.5. The van der Waals surface area contributed by atoms with Crippen LogP contribution >= 0.6 is 34.4 Å². The van der Waals surface area contributed by atoms with E-state index in [4.69, 9.17) is 0 Å². The van der Waals surface area contributed by atoms with E-state index >= 15 is 0 Å². The molecule has 1 aromatic carbocycles. The summed E-state index contributed by atoms with van der Waals surface area (Å²) in [6, 6.07) is 5.97. The number of nitrogens with one attached hydrogen (secondary N) is 1. The molecule has 2 aromatic heterocycles. The Morgan fingerprint density at radius 1 is 1.28 bits per heavy atom. The number of nitrogens with zero attached hydrogens (tertiary/aromatic N) is 1. The van der Waals surface area contributed by atoms with Gasteiger partial charge in [0.15, 0.2) is 0 Å². The highest BCUT2D eigenvalue weighted by atomic mass is 32.2. The number of hydrogen-bond donors (Lipinski definition) is 1. The number of alkyl halides is 3. The van der Waals surface area contributed by atoms with Crippen molar-refractivity contribution in [2.45, 2.75) is 43.0 Å². The molecule has 1 amide bonds. The first kappa shape index (κ1) is 21.9. The molecule has 2 heterocycles. The first-order valence-electron chi connectivity index (χ1n) is 8.91. The summed E-state index contributed by atoms with van der Waals surface area (Å²) in [7, 11) is 0. The van der Waals surface area contributed by atoms with Gasteiger partial charge in [-0.25, -0.2) is 4.98 Å². The summed E-state index contributed by atoms with van der Waals surface area (Å²) in [4.78, 5) is 17.3. The van der Waals surface area contributed by atoms with Gasteiger partial charge in [-0.1, -0.05) is 13.8 Å². The molecule has 3 nitrogen and oxygen atoms in total. The van der Waals surface area contributed by atoms with Crippen molar-refractivity contribution in [1.29, 1.82) is 0 Å².